The fourth-order valence-electron chi connectivity index (χ4n) is 4.13. The average molecular weight is 552 g/mol. The lowest BCUT2D eigenvalue weighted by molar-refractivity contribution is 0.183. The van der Waals surface area contributed by atoms with Crippen LogP contribution in [0.4, 0.5) is 65.9 Å². The quantitative estimate of drug-likeness (QED) is 0.171. The van der Waals surface area contributed by atoms with Gasteiger partial charge < -0.3 is 0 Å². The van der Waals surface area contributed by atoms with E-state index in [9.17, 15) is 52.7 Å². The highest BCUT2D eigenvalue weighted by atomic mass is 19.2. The van der Waals surface area contributed by atoms with Crippen LogP contribution in [0.15, 0.2) is 35.4 Å². The SMILES string of the molecule is FC1=C(F)C(F)C(c2c(F)c(F)c(F)c(F)c2F)(c2c(F)c(F)c(F)c3c(F)c(F)ccc23)C(F)=C1F. The zero-order valence-electron chi connectivity index (χ0n) is 16.9. The molecule has 4 rings (SSSR count). The van der Waals surface area contributed by atoms with Gasteiger partial charge in [-0.25, -0.2) is 65.9 Å². The van der Waals surface area contributed by atoms with Crippen LogP contribution < -0.4 is 0 Å². The summed E-state index contributed by atoms with van der Waals surface area (Å²) in [5, 5.41) is -3.83. The molecule has 15 heteroatoms. The van der Waals surface area contributed by atoms with Crippen molar-refractivity contribution < 1.29 is 65.9 Å². The third-order valence-corrected chi connectivity index (χ3v) is 5.73. The molecule has 3 aromatic carbocycles. The number of halogens is 15. The van der Waals surface area contributed by atoms with Crippen molar-refractivity contribution in [1.29, 1.82) is 0 Å². The Hall–Kier alpha value is -3.65. The van der Waals surface area contributed by atoms with Gasteiger partial charge in [-0.15, -0.1) is 0 Å². The van der Waals surface area contributed by atoms with Gasteiger partial charge in [0, 0.05) is 5.56 Å². The Morgan fingerprint density at radius 2 is 0.946 bits per heavy atom. The summed E-state index contributed by atoms with van der Waals surface area (Å²) in [5.41, 5.74) is -10.4. The standard InChI is InChI=1S/C22H3F15/c23-4-2-1-3-5(8(4)24)9(25)13(29)10(26)6(3)22(20(36)18(34)17(33)19(35)21(22)37)7-11(27)14(30)16(32)15(31)12(7)28/h1-2,20H. The van der Waals surface area contributed by atoms with Gasteiger partial charge in [0.05, 0.1) is 10.9 Å². The molecule has 0 N–H and O–H groups in total. The monoisotopic (exact) mass is 552 g/mol. The van der Waals surface area contributed by atoms with E-state index in [0.717, 1.165) is 0 Å². The molecule has 37 heavy (non-hydrogen) atoms. The Kier molecular flexibility index (Phi) is 6.03. The van der Waals surface area contributed by atoms with E-state index in [1.54, 1.807) is 0 Å². The van der Waals surface area contributed by atoms with Crippen molar-refractivity contribution in [3.63, 3.8) is 0 Å². The van der Waals surface area contributed by atoms with Crippen LogP contribution in [0.2, 0.25) is 0 Å². The van der Waals surface area contributed by atoms with Crippen LogP contribution in [0.3, 0.4) is 0 Å². The van der Waals surface area contributed by atoms with Gasteiger partial charge in [-0.3, -0.25) is 0 Å². The Morgan fingerprint density at radius 3 is 1.49 bits per heavy atom. The van der Waals surface area contributed by atoms with Crippen LogP contribution >= 0.6 is 0 Å². The third kappa shape index (κ3) is 3.14. The van der Waals surface area contributed by atoms with Gasteiger partial charge in [0.1, 0.15) is 5.41 Å². The topological polar surface area (TPSA) is 0 Å². The largest absolute Gasteiger partial charge is 0.238 e. The van der Waals surface area contributed by atoms with Crippen LogP contribution in [0.1, 0.15) is 11.1 Å². The predicted molar refractivity (Wildman–Crippen MR) is 94.1 cm³/mol. The highest BCUT2D eigenvalue weighted by Gasteiger charge is 2.61. The van der Waals surface area contributed by atoms with Crippen LogP contribution in [0.25, 0.3) is 10.8 Å². The number of benzene rings is 3. The number of fused-ring (bicyclic) bond motifs is 1. The van der Waals surface area contributed by atoms with Crippen molar-refractivity contribution in [1.82, 2.24) is 0 Å². The summed E-state index contributed by atoms with van der Waals surface area (Å²) in [7, 11) is 0. The molecule has 196 valence electrons. The summed E-state index contributed by atoms with van der Waals surface area (Å²) in [4.78, 5) is 0. The van der Waals surface area contributed by atoms with Crippen molar-refractivity contribution >= 4 is 10.8 Å². The number of hydrogen-bond acceptors (Lipinski definition) is 0. The zero-order chi connectivity index (χ0) is 27.9. The second kappa shape index (κ2) is 8.45. The molecule has 0 radical (unpaired) electrons. The minimum atomic E-state index is -5.02. The summed E-state index contributed by atoms with van der Waals surface area (Å²) in [5.74, 6) is -41.3. The van der Waals surface area contributed by atoms with Gasteiger partial charge in [0.15, 0.2) is 81.8 Å². The van der Waals surface area contributed by atoms with E-state index in [-0.39, 0.29) is 12.1 Å². The molecule has 0 saturated carbocycles. The Morgan fingerprint density at radius 1 is 0.486 bits per heavy atom. The summed E-state index contributed by atoms with van der Waals surface area (Å²) in [6.45, 7) is 0. The van der Waals surface area contributed by atoms with Gasteiger partial charge in [0.25, 0.3) is 0 Å². The second-order valence-corrected chi connectivity index (χ2v) is 7.51. The molecule has 0 amide bonds. The highest BCUT2D eigenvalue weighted by Crippen LogP contribution is 2.57. The molecule has 0 bridgehead atoms. The maximum Gasteiger partial charge on any atom is 0.200 e. The lowest BCUT2D eigenvalue weighted by Crippen LogP contribution is -2.45. The number of alkyl halides is 1. The molecule has 0 heterocycles. The molecule has 2 atom stereocenters. The van der Waals surface area contributed by atoms with Crippen molar-refractivity contribution in [2.75, 3.05) is 0 Å². The average Bonchev–Trinajstić information content (AvgIpc) is 2.87. The fourth-order valence-corrected chi connectivity index (χ4v) is 4.13. The van der Waals surface area contributed by atoms with Crippen LogP contribution in [0.5, 0.6) is 0 Å². The summed E-state index contributed by atoms with van der Waals surface area (Å²) >= 11 is 0. The van der Waals surface area contributed by atoms with E-state index < -0.39 is 115 Å². The number of allylic oxidation sites excluding steroid dienone is 4. The first-order valence-electron chi connectivity index (χ1n) is 9.35. The molecule has 1 aliphatic carbocycles. The van der Waals surface area contributed by atoms with E-state index in [0.29, 0.717) is 0 Å². The van der Waals surface area contributed by atoms with Gasteiger partial charge in [-0.1, -0.05) is 6.07 Å². The smallest absolute Gasteiger partial charge is 0.200 e. The fraction of sp³-hybridized carbons (Fsp3) is 0.0909. The first kappa shape index (κ1) is 26.4. The Bertz CT molecular complexity index is 1560. The molecular formula is C22H3F15. The molecule has 0 aliphatic heterocycles. The van der Waals surface area contributed by atoms with Gasteiger partial charge in [-0.05, 0) is 11.5 Å². The van der Waals surface area contributed by atoms with E-state index in [2.05, 4.69) is 0 Å². The number of rotatable bonds is 2. The maximum absolute atomic E-state index is 15.4. The Labute approximate surface area is 193 Å². The highest BCUT2D eigenvalue weighted by molar-refractivity contribution is 5.90. The van der Waals surface area contributed by atoms with Crippen molar-refractivity contribution in [3.05, 3.63) is 105 Å². The van der Waals surface area contributed by atoms with Crippen LogP contribution in [-0.4, -0.2) is 6.17 Å². The summed E-state index contributed by atoms with van der Waals surface area (Å²) in [6.07, 6.45) is -4.49. The van der Waals surface area contributed by atoms with Crippen molar-refractivity contribution in [2.45, 2.75) is 11.6 Å². The molecule has 0 aromatic heterocycles. The van der Waals surface area contributed by atoms with Gasteiger partial charge >= 0.3 is 0 Å². The first-order valence-corrected chi connectivity index (χ1v) is 9.35. The molecular weight excluding hydrogens is 549 g/mol. The van der Waals surface area contributed by atoms with E-state index in [4.69, 9.17) is 0 Å². The maximum atomic E-state index is 15.4. The van der Waals surface area contributed by atoms with Gasteiger partial charge in [-0.2, -0.15) is 0 Å². The van der Waals surface area contributed by atoms with Crippen molar-refractivity contribution in [3.8, 4) is 0 Å². The normalized spacial score (nSPS) is 20.5. The lowest BCUT2D eigenvalue weighted by atomic mass is 9.65. The molecule has 0 nitrogen and oxygen atoms in total. The van der Waals surface area contributed by atoms with Crippen LogP contribution in [-0.2, 0) is 5.41 Å². The molecule has 3 aromatic rings. The molecule has 0 saturated heterocycles. The lowest BCUT2D eigenvalue weighted by Gasteiger charge is -2.39. The molecule has 0 spiro atoms. The molecule has 2 unspecified atom stereocenters. The molecule has 1 aliphatic rings. The van der Waals surface area contributed by atoms with E-state index in [1.165, 1.54) is 0 Å². The third-order valence-electron chi connectivity index (χ3n) is 5.73. The van der Waals surface area contributed by atoms with Gasteiger partial charge in [0.2, 0.25) is 5.82 Å². The minimum Gasteiger partial charge on any atom is -0.238 e. The Balaban J connectivity index is 2.43. The molecule has 0 fully saturated rings. The van der Waals surface area contributed by atoms with E-state index in [1.807, 2.05) is 0 Å². The summed E-state index contributed by atoms with van der Waals surface area (Å²) < 4.78 is 217. The van der Waals surface area contributed by atoms with E-state index >= 15 is 13.2 Å². The summed E-state index contributed by atoms with van der Waals surface area (Å²) in [6, 6.07) is -0.0576. The predicted octanol–water partition coefficient (Wildman–Crippen LogP) is 8.17. The second-order valence-electron chi connectivity index (χ2n) is 7.51. The minimum absolute atomic E-state index is 0.00698. The first-order chi connectivity index (χ1) is 17.1. The number of hydrogen-bond donors (Lipinski definition) is 0. The van der Waals surface area contributed by atoms with Crippen molar-refractivity contribution in [2.24, 2.45) is 0 Å². The van der Waals surface area contributed by atoms with Crippen LogP contribution in [0, 0.1) is 58.2 Å². The zero-order valence-corrected chi connectivity index (χ0v) is 16.9.